The van der Waals surface area contributed by atoms with Crippen LogP contribution in [0.4, 0.5) is 0 Å². The van der Waals surface area contributed by atoms with E-state index in [0.29, 0.717) is 19.1 Å². The number of furan rings is 1. The van der Waals surface area contributed by atoms with E-state index in [-0.39, 0.29) is 25.2 Å². The summed E-state index contributed by atoms with van der Waals surface area (Å²) in [5.74, 6) is 1.14. The molecule has 0 unspecified atom stereocenters. The van der Waals surface area contributed by atoms with Crippen molar-refractivity contribution < 1.29 is 23.8 Å². The first-order valence-electron chi connectivity index (χ1n) is 9.65. The molecule has 0 aliphatic heterocycles. The van der Waals surface area contributed by atoms with Crippen LogP contribution in [0.15, 0.2) is 58.3 Å². The molecule has 0 fully saturated rings. The SMILES string of the molecule is CC(C)[C@@H](OCc1ccccc1)[C@H](C)C=NOC[C@@H](O)COCc1ccco1. The van der Waals surface area contributed by atoms with Crippen LogP contribution in [0.2, 0.25) is 0 Å². The van der Waals surface area contributed by atoms with E-state index in [4.69, 9.17) is 18.7 Å². The second kappa shape index (κ2) is 12.3. The lowest BCUT2D eigenvalue weighted by Crippen LogP contribution is -2.28. The molecule has 28 heavy (non-hydrogen) atoms. The van der Waals surface area contributed by atoms with Crippen LogP contribution in [-0.2, 0) is 27.5 Å². The van der Waals surface area contributed by atoms with Crippen LogP contribution in [0.3, 0.4) is 0 Å². The van der Waals surface area contributed by atoms with Gasteiger partial charge in [0.15, 0.2) is 0 Å². The topological polar surface area (TPSA) is 73.4 Å². The molecule has 1 aromatic carbocycles. The van der Waals surface area contributed by atoms with Crippen molar-refractivity contribution in [2.45, 2.75) is 46.2 Å². The lowest BCUT2D eigenvalue weighted by atomic mass is 9.95. The highest BCUT2D eigenvalue weighted by Crippen LogP contribution is 2.17. The molecule has 0 saturated heterocycles. The van der Waals surface area contributed by atoms with E-state index in [1.54, 1.807) is 18.5 Å². The Labute approximate surface area is 167 Å². The normalized spacial score (nSPS) is 15.0. The fraction of sp³-hybridized carbons (Fsp3) is 0.500. The quantitative estimate of drug-likeness (QED) is 0.413. The van der Waals surface area contributed by atoms with E-state index >= 15 is 0 Å². The van der Waals surface area contributed by atoms with Gasteiger partial charge in [-0.2, -0.15) is 0 Å². The molecular weight excluding hydrogens is 358 g/mol. The second-order valence-electron chi connectivity index (χ2n) is 7.16. The monoisotopic (exact) mass is 389 g/mol. The summed E-state index contributed by atoms with van der Waals surface area (Å²) < 4.78 is 16.6. The van der Waals surface area contributed by atoms with Gasteiger partial charge >= 0.3 is 0 Å². The molecule has 1 heterocycles. The summed E-state index contributed by atoms with van der Waals surface area (Å²) in [6.45, 7) is 7.40. The minimum Gasteiger partial charge on any atom is -0.467 e. The molecule has 0 aliphatic carbocycles. The molecule has 2 aromatic rings. The van der Waals surface area contributed by atoms with Crippen molar-refractivity contribution in [3.63, 3.8) is 0 Å². The van der Waals surface area contributed by atoms with Crippen LogP contribution in [0.1, 0.15) is 32.1 Å². The van der Waals surface area contributed by atoms with Crippen molar-refractivity contribution in [1.29, 1.82) is 0 Å². The lowest BCUT2D eigenvalue weighted by Gasteiger charge is -2.25. The van der Waals surface area contributed by atoms with E-state index in [1.807, 2.05) is 31.2 Å². The Morgan fingerprint density at radius 1 is 1.04 bits per heavy atom. The predicted octanol–water partition coefficient (Wildman–Crippen LogP) is 4.04. The summed E-state index contributed by atoms with van der Waals surface area (Å²) in [4.78, 5) is 5.21. The number of hydrogen-bond donors (Lipinski definition) is 1. The number of hydrogen-bond acceptors (Lipinski definition) is 6. The molecular formula is C22H31NO5. The Kier molecular flexibility index (Phi) is 9.76. The number of nitrogens with zero attached hydrogens (tertiary/aromatic N) is 1. The largest absolute Gasteiger partial charge is 0.467 e. The third-order valence-electron chi connectivity index (χ3n) is 4.23. The van der Waals surface area contributed by atoms with Gasteiger partial charge in [-0.3, -0.25) is 0 Å². The van der Waals surface area contributed by atoms with Crippen molar-refractivity contribution in [2.75, 3.05) is 13.2 Å². The number of rotatable bonds is 13. The third kappa shape index (κ3) is 8.25. The van der Waals surface area contributed by atoms with Crippen molar-refractivity contribution in [1.82, 2.24) is 0 Å². The zero-order valence-electron chi connectivity index (χ0n) is 16.9. The van der Waals surface area contributed by atoms with E-state index < -0.39 is 6.10 Å². The maximum Gasteiger partial charge on any atom is 0.145 e. The Bertz CT molecular complexity index is 657. The minimum atomic E-state index is -0.752. The average Bonchev–Trinajstić information content (AvgIpc) is 3.19. The first-order chi connectivity index (χ1) is 13.6. The van der Waals surface area contributed by atoms with Crippen molar-refractivity contribution in [2.24, 2.45) is 17.0 Å². The number of aliphatic hydroxyl groups is 1. The maximum absolute atomic E-state index is 9.87. The Morgan fingerprint density at radius 2 is 1.82 bits per heavy atom. The second-order valence-corrected chi connectivity index (χ2v) is 7.16. The van der Waals surface area contributed by atoms with Crippen LogP contribution < -0.4 is 0 Å². The van der Waals surface area contributed by atoms with E-state index in [1.165, 1.54) is 0 Å². The number of oxime groups is 1. The van der Waals surface area contributed by atoms with Crippen LogP contribution in [0.25, 0.3) is 0 Å². The van der Waals surface area contributed by atoms with E-state index in [2.05, 4.69) is 31.1 Å². The fourth-order valence-electron chi connectivity index (χ4n) is 2.81. The lowest BCUT2D eigenvalue weighted by molar-refractivity contribution is -0.0268. The van der Waals surface area contributed by atoms with E-state index in [0.717, 1.165) is 11.3 Å². The molecule has 6 nitrogen and oxygen atoms in total. The molecule has 1 aromatic heterocycles. The summed E-state index contributed by atoms with van der Waals surface area (Å²) in [5.41, 5.74) is 1.14. The number of aliphatic hydroxyl groups excluding tert-OH is 1. The Morgan fingerprint density at radius 3 is 2.50 bits per heavy atom. The predicted molar refractivity (Wildman–Crippen MR) is 108 cm³/mol. The smallest absolute Gasteiger partial charge is 0.145 e. The molecule has 0 saturated carbocycles. The minimum absolute atomic E-state index is 0.0223. The first-order valence-corrected chi connectivity index (χ1v) is 9.65. The molecule has 0 bridgehead atoms. The molecule has 0 spiro atoms. The molecule has 0 amide bonds. The molecule has 3 atom stereocenters. The molecule has 2 rings (SSSR count). The highest BCUT2D eigenvalue weighted by molar-refractivity contribution is 5.60. The standard InChI is InChI=1S/C22H31NO5/c1-17(2)22(27-13-19-8-5-4-6-9-19)18(3)12-23-28-15-20(24)14-25-16-21-10-7-11-26-21/h4-12,17-18,20,22,24H,13-16H2,1-3H3/t18-,20+,22-/m1/s1. The summed E-state index contributed by atoms with van der Waals surface area (Å²) in [6, 6.07) is 13.7. The highest BCUT2D eigenvalue weighted by atomic mass is 16.6. The maximum atomic E-state index is 9.87. The molecule has 0 radical (unpaired) electrons. The van der Waals surface area contributed by atoms with Gasteiger partial charge in [-0.05, 0) is 23.6 Å². The Hall–Kier alpha value is -2.15. The van der Waals surface area contributed by atoms with Gasteiger partial charge in [0.2, 0.25) is 0 Å². The zero-order chi connectivity index (χ0) is 20.2. The third-order valence-corrected chi connectivity index (χ3v) is 4.23. The van der Waals surface area contributed by atoms with Crippen molar-refractivity contribution >= 4 is 6.21 Å². The van der Waals surface area contributed by atoms with Gasteiger partial charge in [-0.25, -0.2) is 0 Å². The number of benzene rings is 1. The molecule has 0 aliphatic rings. The summed E-state index contributed by atoms with van der Waals surface area (Å²) in [5, 5.41) is 13.9. The zero-order valence-corrected chi connectivity index (χ0v) is 16.9. The van der Waals surface area contributed by atoms with E-state index in [9.17, 15) is 5.11 Å². The number of ether oxygens (including phenoxy) is 2. The van der Waals surface area contributed by atoms with Gasteiger partial charge < -0.3 is 23.8 Å². The van der Waals surface area contributed by atoms with Crippen molar-refractivity contribution in [3.8, 4) is 0 Å². The van der Waals surface area contributed by atoms with Gasteiger partial charge in [-0.15, -0.1) is 0 Å². The average molecular weight is 389 g/mol. The molecule has 1 N–H and O–H groups in total. The molecule has 6 heteroatoms. The summed E-state index contributed by atoms with van der Waals surface area (Å²) in [7, 11) is 0. The van der Waals surface area contributed by atoms with Crippen LogP contribution in [0, 0.1) is 11.8 Å². The van der Waals surface area contributed by atoms with Gasteiger partial charge in [0.05, 0.1) is 25.6 Å². The van der Waals surface area contributed by atoms with Gasteiger partial charge in [0.25, 0.3) is 0 Å². The van der Waals surface area contributed by atoms with Gasteiger partial charge in [-0.1, -0.05) is 56.3 Å². The van der Waals surface area contributed by atoms with Crippen LogP contribution in [0.5, 0.6) is 0 Å². The van der Waals surface area contributed by atoms with Gasteiger partial charge in [0, 0.05) is 12.1 Å². The molecule has 154 valence electrons. The highest BCUT2D eigenvalue weighted by Gasteiger charge is 2.20. The fourth-order valence-corrected chi connectivity index (χ4v) is 2.81. The summed E-state index contributed by atoms with van der Waals surface area (Å²) >= 11 is 0. The van der Waals surface area contributed by atoms with Crippen molar-refractivity contribution in [3.05, 3.63) is 60.1 Å². The first kappa shape index (κ1) is 22.1. The van der Waals surface area contributed by atoms with Crippen LogP contribution >= 0.6 is 0 Å². The van der Waals surface area contributed by atoms with Gasteiger partial charge in [0.1, 0.15) is 25.1 Å². The van der Waals surface area contributed by atoms with Crippen LogP contribution in [-0.4, -0.2) is 36.7 Å². The summed E-state index contributed by atoms with van der Waals surface area (Å²) in [6.07, 6.45) is 2.58. The Balaban J connectivity index is 1.66.